The van der Waals surface area contributed by atoms with E-state index >= 15 is 0 Å². The summed E-state index contributed by atoms with van der Waals surface area (Å²) >= 11 is 5.76. The van der Waals surface area contributed by atoms with Crippen molar-refractivity contribution in [1.82, 2.24) is 0 Å². The molecule has 0 fully saturated rings. The van der Waals surface area contributed by atoms with Gasteiger partial charge in [0.25, 0.3) is 5.91 Å². The van der Waals surface area contributed by atoms with Gasteiger partial charge in [-0.2, -0.15) is 0 Å². The number of hydrogen-bond donors (Lipinski definition) is 3. The number of carbonyl (C=O) groups is 1. The number of carbonyl (C=O) groups excluding carboxylic acids is 1. The van der Waals surface area contributed by atoms with Gasteiger partial charge < -0.3 is 21.0 Å². The van der Waals surface area contributed by atoms with E-state index in [-0.39, 0.29) is 18.3 Å². The molecule has 114 valence electrons. The van der Waals surface area contributed by atoms with Crippen LogP contribution in [0.4, 0.5) is 5.69 Å². The van der Waals surface area contributed by atoms with Crippen LogP contribution >= 0.6 is 11.6 Å². The molecule has 1 amide bonds. The van der Waals surface area contributed by atoms with Gasteiger partial charge in [-0.15, -0.1) is 0 Å². The Morgan fingerprint density at radius 1 is 1.18 bits per heavy atom. The van der Waals surface area contributed by atoms with Gasteiger partial charge in [0.2, 0.25) is 0 Å². The summed E-state index contributed by atoms with van der Waals surface area (Å²) in [5, 5.41) is 14.7. The molecule has 0 aliphatic rings. The maximum atomic E-state index is 11.8. The van der Waals surface area contributed by atoms with Crippen molar-refractivity contribution in [1.29, 1.82) is 0 Å². The molecule has 0 radical (unpaired) electrons. The van der Waals surface area contributed by atoms with E-state index in [0.717, 1.165) is 0 Å². The van der Waals surface area contributed by atoms with Crippen molar-refractivity contribution in [3.8, 4) is 5.75 Å². The minimum atomic E-state index is -0.300. The van der Waals surface area contributed by atoms with Crippen LogP contribution in [0.25, 0.3) is 0 Å². The lowest BCUT2D eigenvalue weighted by Crippen LogP contribution is -2.20. The van der Waals surface area contributed by atoms with E-state index in [2.05, 4.69) is 10.5 Å². The Bertz CT molecular complexity index is 669. The molecule has 0 heterocycles. The third-order valence-corrected chi connectivity index (χ3v) is 3.01. The number of halogens is 1. The SMILES string of the molecule is NC(=NO)c1ccc(NC(=O)COc2ccc(Cl)cc2)cc1. The van der Waals surface area contributed by atoms with Gasteiger partial charge in [0.1, 0.15) is 5.75 Å². The minimum absolute atomic E-state index is 0.00366. The van der Waals surface area contributed by atoms with Crippen molar-refractivity contribution in [3.63, 3.8) is 0 Å². The Morgan fingerprint density at radius 3 is 2.41 bits per heavy atom. The van der Waals surface area contributed by atoms with Gasteiger partial charge in [0.15, 0.2) is 12.4 Å². The number of hydrogen-bond acceptors (Lipinski definition) is 4. The van der Waals surface area contributed by atoms with Gasteiger partial charge in [-0.25, -0.2) is 0 Å². The van der Waals surface area contributed by atoms with Crippen LogP contribution in [0.15, 0.2) is 53.7 Å². The van der Waals surface area contributed by atoms with Crippen LogP contribution in [0.3, 0.4) is 0 Å². The number of nitrogens with one attached hydrogen (secondary N) is 1. The van der Waals surface area contributed by atoms with Crippen LogP contribution in [0, 0.1) is 0 Å². The molecular weight excluding hydrogens is 306 g/mol. The maximum Gasteiger partial charge on any atom is 0.262 e. The largest absolute Gasteiger partial charge is 0.484 e. The van der Waals surface area contributed by atoms with Crippen molar-refractivity contribution in [2.75, 3.05) is 11.9 Å². The fraction of sp³-hybridized carbons (Fsp3) is 0.0667. The number of ether oxygens (including phenoxy) is 1. The Kier molecular flexibility index (Phi) is 5.21. The third kappa shape index (κ3) is 4.39. The molecule has 2 aromatic carbocycles. The molecule has 4 N–H and O–H groups in total. The van der Waals surface area contributed by atoms with Crippen LogP contribution in [-0.4, -0.2) is 23.6 Å². The van der Waals surface area contributed by atoms with E-state index in [1.165, 1.54) is 0 Å². The number of rotatable bonds is 5. The highest BCUT2D eigenvalue weighted by atomic mass is 35.5. The van der Waals surface area contributed by atoms with Gasteiger partial charge in [-0.05, 0) is 48.5 Å². The fourth-order valence-corrected chi connectivity index (χ4v) is 1.78. The number of nitrogens with zero attached hydrogens (tertiary/aromatic N) is 1. The highest BCUT2D eigenvalue weighted by molar-refractivity contribution is 6.30. The zero-order valence-electron chi connectivity index (χ0n) is 11.5. The molecule has 0 bridgehead atoms. The smallest absolute Gasteiger partial charge is 0.262 e. The molecule has 0 aromatic heterocycles. The second kappa shape index (κ2) is 7.33. The average Bonchev–Trinajstić information content (AvgIpc) is 2.54. The molecule has 7 heteroatoms. The molecular formula is C15H14ClN3O3. The summed E-state index contributed by atoms with van der Waals surface area (Å²) in [6.07, 6.45) is 0. The normalized spacial score (nSPS) is 11.0. The first-order valence-corrected chi connectivity index (χ1v) is 6.72. The maximum absolute atomic E-state index is 11.8. The van der Waals surface area contributed by atoms with Crippen LogP contribution < -0.4 is 15.8 Å². The van der Waals surface area contributed by atoms with Crippen molar-refractivity contribution >= 4 is 29.0 Å². The van der Waals surface area contributed by atoms with Gasteiger partial charge in [-0.1, -0.05) is 16.8 Å². The molecule has 22 heavy (non-hydrogen) atoms. The molecule has 0 aliphatic heterocycles. The molecule has 0 spiro atoms. The van der Waals surface area contributed by atoms with Gasteiger partial charge in [-0.3, -0.25) is 4.79 Å². The van der Waals surface area contributed by atoms with Crippen molar-refractivity contribution in [2.24, 2.45) is 10.9 Å². The Labute approximate surface area is 132 Å². The first-order valence-electron chi connectivity index (χ1n) is 6.34. The zero-order valence-corrected chi connectivity index (χ0v) is 12.2. The quantitative estimate of drug-likeness (QED) is 0.341. The number of oxime groups is 1. The lowest BCUT2D eigenvalue weighted by atomic mass is 10.2. The highest BCUT2D eigenvalue weighted by Crippen LogP contribution is 2.15. The lowest BCUT2D eigenvalue weighted by Gasteiger charge is -2.08. The van der Waals surface area contributed by atoms with E-state index < -0.39 is 0 Å². The first kappa shape index (κ1) is 15.7. The summed E-state index contributed by atoms with van der Waals surface area (Å²) < 4.78 is 5.33. The molecule has 0 saturated heterocycles. The third-order valence-electron chi connectivity index (χ3n) is 2.76. The second-order valence-electron chi connectivity index (χ2n) is 4.35. The number of nitrogens with two attached hydrogens (primary N) is 1. The molecule has 0 saturated carbocycles. The van der Waals surface area contributed by atoms with E-state index in [4.69, 9.17) is 27.3 Å². The molecule has 2 rings (SSSR count). The second-order valence-corrected chi connectivity index (χ2v) is 4.79. The summed E-state index contributed by atoms with van der Waals surface area (Å²) in [7, 11) is 0. The molecule has 0 aliphatic carbocycles. The zero-order chi connectivity index (χ0) is 15.9. The van der Waals surface area contributed by atoms with Gasteiger partial charge in [0.05, 0.1) is 0 Å². The number of benzene rings is 2. The minimum Gasteiger partial charge on any atom is -0.484 e. The van der Waals surface area contributed by atoms with Crippen molar-refractivity contribution in [3.05, 3.63) is 59.1 Å². The van der Waals surface area contributed by atoms with E-state index in [0.29, 0.717) is 22.0 Å². The van der Waals surface area contributed by atoms with Crippen molar-refractivity contribution in [2.45, 2.75) is 0 Å². The summed E-state index contributed by atoms with van der Waals surface area (Å²) in [5.41, 5.74) is 6.59. The summed E-state index contributed by atoms with van der Waals surface area (Å²) in [4.78, 5) is 11.8. The van der Waals surface area contributed by atoms with Crippen LogP contribution in [-0.2, 0) is 4.79 Å². The van der Waals surface area contributed by atoms with Crippen LogP contribution in [0.2, 0.25) is 5.02 Å². The topological polar surface area (TPSA) is 96.9 Å². The van der Waals surface area contributed by atoms with E-state index in [1.54, 1.807) is 48.5 Å². The van der Waals surface area contributed by atoms with Gasteiger partial charge in [0, 0.05) is 16.3 Å². The number of anilines is 1. The first-order chi connectivity index (χ1) is 10.6. The molecule has 6 nitrogen and oxygen atoms in total. The summed E-state index contributed by atoms with van der Waals surface area (Å²) in [5.74, 6) is 0.261. The average molecular weight is 320 g/mol. The standard InChI is InChI=1S/C15H14ClN3O3/c16-11-3-7-13(8-4-11)22-9-14(20)18-12-5-1-10(2-6-12)15(17)19-21/h1-8,21H,9H2,(H2,17,19)(H,18,20). The summed E-state index contributed by atoms with van der Waals surface area (Å²) in [6, 6.07) is 13.3. The van der Waals surface area contributed by atoms with Gasteiger partial charge >= 0.3 is 0 Å². The fourth-order valence-electron chi connectivity index (χ4n) is 1.66. The molecule has 0 unspecified atom stereocenters. The van der Waals surface area contributed by atoms with Crippen LogP contribution in [0.1, 0.15) is 5.56 Å². The predicted octanol–water partition coefficient (Wildman–Crippen LogP) is 2.45. The van der Waals surface area contributed by atoms with Crippen molar-refractivity contribution < 1.29 is 14.7 Å². The molecule has 0 atom stereocenters. The van der Waals surface area contributed by atoms with Crippen LogP contribution in [0.5, 0.6) is 5.75 Å². The highest BCUT2D eigenvalue weighted by Gasteiger charge is 2.05. The lowest BCUT2D eigenvalue weighted by molar-refractivity contribution is -0.118. The monoisotopic (exact) mass is 319 g/mol. The number of amides is 1. The predicted molar refractivity (Wildman–Crippen MR) is 84.5 cm³/mol. The number of amidine groups is 1. The van der Waals surface area contributed by atoms with E-state index in [9.17, 15) is 4.79 Å². The Balaban J connectivity index is 1.87. The molecule has 2 aromatic rings. The summed E-state index contributed by atoms with van der Waals surface area (Å²) in [6.45, 7) is -0.121. The Hall–Kier alpha value is -2.73. The van der Waals surface area contributed by atoms with E-state index in [1.807, 2.05) is 0 Å². The Morgan fingerprint density at radius 2 is 1.82 bits per heavy atom.